The fourth-order valence-electron chi connectivity index (χ4n) is 2.04. The smallest absolute Gasteiger partial charge is 0.103 e. The van der Waals surface area contributed by atoms with Gasteiger partial charge in [-0.25, -0.2) is 0 Å². The van der Waals surface area contributed by atoms with Crippen molar-refractivity contribution in [3.63, 3.8) is 0 Å². The minimum absolute atomic E-state index is 0.299. The summed E-state index contributed by atoms with van der Waals surface area (Å²) in [5.41, 5.74) is 2.33. The lowest BCUT2D eigenvalue weighted by molar-refractivity contribution is 0.469. The molecule has 2 aromatic rings. The number of nitrogens with one attached hydrogen (secondary N) is 1. The Morgan fingerprint density at radius 2 is 2.17 bits per heavy atom. The number of benzene rings is 1. The van der Waals surface area contributed by atoms with E-state index in [9.17, 15) is 0 Å². The molecule has 1 atom stereocenters. The largest absolute Gasteiger partial charge is 0.469 e. The monoisotopic (exact) mass is 263 g/mol. The van der Waals surface area contributed by atoms with Crippen LogP contribution in [0.2, 0.25) is 5.02 Å². The molecule has 0 aliphatic rings. The third kappa shape index (κ3) is 3.15. The van der Waals surface area contributed by atoms with Crippen molar-refractivity contribution in [2.45, 2.75) is 25.8 Å². The zero-order chi connectivity index (χ0) is 13.0. The zero-order valence-electron chi connectivity index (χ0n) is 10.7. The summed E-state index contributed by atoms with van der Waals surface area (Å²) in [7, 11) is 1.97. The van der Waals surface area contributed by atoms with Gasteiger partial charge in [-0.05, 0) is 49.7 Å². The summed E-state index contributed by atoms with van der Waals surface area (Å²) in [6.45, 7) is 2.02. The van der Waals surface area contributed by atoms with Gasteiger partial charge in [-0.3, -0.25) is 0 Å². The number of aryl methyl sites for hydroxylation is 2. The van der Waals surface area contributed by atoms with Crippen LogP contribution < -0.4 is 5.32 Å². The van der Waals surface area contributed by atoms with Crippen LogP contribution in [0, 0.1) is 6.92 Å². The van der Waals surface area contributed by atoms with Crippen LogP contribution in [0.4, 0.5) is 0 Å². The first-order valence-corrected chi connectivity index (χ1v) is 6.54. The number of hydrogen-bond donors (Lipinski definition) is 1. The van der Waals surface area contributed by atoms with E-state index in [2.05, 4.69) is 17.4 Å². The fraction of sp³-hybridized carbons (Fsp3) is 0.333. The third-order valence-electron chi connectivity index (χ3n) is 3.21. The molecule has 0 radical (unpaired) electrons. The van der Waals surface area contributed by atoms with Crippen molar-refractivity contribution in [1.82, 2.24) is 5.32 Å². The van der Waals surface area contributed by atoms with Crippen LogP contribution in [0.5, 0.6) is 0 Å². The Bertz CT molecular complexity index is 493. The van der Waals surface area contributed by atoms with Gasteiger partial charge in [0.05, 0.1) is 6.26 Å². The lowest BCUT2D eigenvalue weighted by atomic mass is 10.0. The molecule has 2 rings (SSSR count). The highest BCUT2D eigenvalue weighted by Crippen LogP contribution is 2.24. The van der Waals surface area contributed by atoms with Gasteiger partial charge in [-0.15, -0.1) is 0 Å². The maximum Gasteiger partial charge on any atom is 0.103 e. The van der Waals surface area contributed by atoms with E-state index in [1.165, 1.54) is 5.56 Å². The van der Waals surface area contributed by atoms with E-state index in [1.54, 1.807) is 6.26 Å². The Balaban J connectivity index is 2.05. The van der Waals surface area contributed by atoms with E-state index in [4.69, 9.17) is 16.0 Å². The van der Waals surface area contributed by atoms with Gasteiger partial charge in [-0.1, -0.05) is 23.7 Å². The Morgan fingerprint density at radius 3 is 2.78 bits per heavy atom. The summed E-state index contributed by atoms with van der Waals surface area (Å²) < 4.78 is 5.35. The number of hydrogen-bond acceptors (Lipinski definition) is 2. The molecule has 0 amide bonds. The fourth-order valence-corrected chi connectivity index (χ4v) is 2.23. The molecule has 2 nitrogen and oxygen atoms in total. The molecular formula is C15H18ClNO. The molecule has 3 heteroatoms. The second kappa shape index (κ2) is 6.07. The van der Waals surface area contributed by atoms with E-state index < -0.39 is 0 Å². The van der Waals surface area contributed by atoms with E-state index in [0.29, 0.717) is 6.04 Å². The molecule has 0 spiro atoms. The summed E-state index contributed by atoms with van der Waals surface area (Å²) in [4.78, 5) is 0. The Kier molecular flexibility index (Phi) is 4.45. The molecule has 0 saturated heterocycles. The molecule has 0 aliphatic carbocycles. The predicted octanol–water partition coefficient (Wildman–Crippen LogP) is 4.13. The van der Waals surface area contributed by atoms with E-state index in [0.717, 1.165) is 29.2 Å². The first kappa shape index (κ1) is 13.2. The summed E-state index contributed by atoms with van der Waals surface area (Å²) in [5.74, 6) is 1.02. The van der Waals surface area contributed by atoms with Gasteiger partial charge in [0.1, 0.15) is 5.76 Å². The van der Waals surface area contributed by atoms with E-state index in [-0.39, 0.29) is 0 Å². The molecule has 1 heterocycles. The van der Waals surface area contributed by atoms with Crippen LogP contribution in [0.1, 0.15) is 29.3 Å². The van der Waals surface area contributed by atoms with Crippen molar-refractivity contribution in [3.8, 4) is 0 Å². The molecule has 96 valence electrons. The number of rotatable bonds is 5. The lowest BCUT2D eigenvalue weighted by Crippen LogP contribution is -2.17. The van der Waals surface area contributed by atoms with Crippen molar-refractivity contribution in [1.29, 1.82) is 0 Å². The highest BCUT2D eigenvalue weighted by molar-refractivity contribution is 6.31. The second-order valence-electron chi connectivity index (χ2n) is 4.47. The van der Waals surface area contributed by atoms with Crippen LogP contribution in [-0.4, -0.2) is 7.05 Å². The van der Waals surface area contributed by atoms with Crippen LogP contribution in [0.3, 0.4) is 0 Å². The molecule has 0 fully saturated rings. The average Bonchev–Trinajstić information content (AvgIpc) is 2.87. The van der Waals surface area contributed by atoms with Crippen molar-refractivity contribution < 1.29 is 4.42 Å². The van der Waals surface area contributed by atoms with Crippen molar-refractivity contribution in [3.05, 3.63) is 58.5 Å². The quantitative estimate of drug-likeness (QED) is 0.877. The highest BCUT2D eigenvalue weighted by Gasteiger charge is 2.11. The molecule has 18 heavy (non-hydrogen) atoms. The van der Waals surface area contributed by atoms with Crippen LogP contribution in [0.15, 0.2) is 41.0 Å². The van der Waals surface area contributed by atoms with Gasteiger partial charge in [0.25, 0.3) is 0 Å². The van der Waals surface area contributed by atoms with Gasteiger partial charge in [0, 0.05) is 17.5 Å². The third-order valence-corrected chi connectivity index (χ3v) is 3.61. The van der Waals surface area contributed by atoms with Gasteiger partial charge >= 0.3 is 0 Å². The lowest BCUT2D eigenvalue weighted by Gasteiger charge is -2.16. The van der Waals surface area contributed by atoms with Crippen molar-refractivity contribution >= 4 is 11.6 Å². The van der Waals surface area contributed by atoms with Crippen molar-refractivity contribution in [2.75, 3.05) is 7.05 Å². The first-order valence-electron chi connectivity index (χ1n) is 6.16. The zero-order valence-corrected chi connectivity index (χ0v) is 11.5. The van der Waals surface area contributed by atoms with Crippen LogP contribution in [0.25, 0.3) is 0 Å². The molecule has 0 aliphatic heterocycles. The van der Waals surface area contributed by atoms with Crippen LogP contribution >= 0.6 is 11.6 Å². The van der Waals surface area contributed by atoms with E-state index in [1.807, 2.05) is 32.2 Å². The van der Waals surface area contributed by atoms with Gasteiger partial charge < -0.3 is 9.73 Å². The summed E-state index contributed by atoms with van der Waals surface area (Å²) in [6.07, 6.45) is 3.62. The standard InChI is InChI=1S/C15H18ClNO/c1-11-5-6-12(10-14(11)16)15(17-2)8-7-13-4-3-9-18-13/h3-6,9-10,15,17H,7-8H2,1-2H3. The number of furan rings is 1. The molecule has 1 aromatic heterocycles. The maximum atomic E-state index is 6.17. The average molecular weight is 264 g/mol. The normalized spacial score (nSPS) is 12.6. The Hall–Kier alpha value is -1.25. The highest BCUT2D eigenvalue weighted by atomic mass is 35.5. The summed E-state index contributed by atoms with van der Waals surface area (Å²) in [6, 6.07) is 10.5. The first-order chi connectivity index (χ1) is 8.70. The molecule has 1 N–H and O–H groups in total. The molecule has 0 bridgehead atoms. The molecule has 0 saturated carbocycles. The molecular weight excluding hydrogens is 246 g/mol. The summed E-state index contributed by atoms with van der Waals surface area (Å²) >= 11 is 6.17. The minimum atomic E-state index is 0.299. The maximum absolute atomic E-state index is 6.17. The van der Waals surface area contributed by atoms with Gasteiger partial charge in [0.15, 0.2) is 0 Å². The Labute approximate surface area is 113 Å². The minimum Gasteiger partial charge on any atom is -0.469 e. The van der Waals surface area contributed by atoms with E-state index >= 15 is 0 Å². The van der Waals surface area contributed by atoms with Gasteiger partial charge in [0.2, 0.25) is 0 Å². The molecule has 1 unspecified atom stereocenters. The second-order valence-corrected chi connectivity index (χ2v) is 4.88. The van der Waals surface area contributed by atoms with Crippen LogP contribution in [-0.2, 0) is 6.42 Å². The van der Waals surface area contributed by atoms with Crippen molar-refractivity contribution in [2.24, 2.45) is 0 Å². The molecule has 1 aromatic carbocycles. The summed E-state index contributed by atoms with van der Waals surface area (Å²) in [5, 5.41) is 4.15. The predicted molar refractivity (Wildman–Crippen MR) is 75.0 cm³/mol. The SMILES string of the molecule is CNC(CCc1ccco1)c1ccc(C)c(Cl)c1. The van der Waals surface area contributed by atoms with Gasteiger partial charge in [-0.2, -0.15) is 0 Å². The number of halogens is 1. The topological polar surface area (TPSA) is 25.2 Å². The Morgan fingerprint density at radius 1 is 1.33 bits per heavy atom.